The molecule has 0 saturated heterocycles. The normalized spacial score (nSPS) is 11.1. The molecule has 2 N–H and O–H groups in total. The van der Waals surface area contributed by atoms with Gasteiger partial charge in [-0.25, -0.2) is 0 Å². The molecule has 0 atom stereocenters. The third-order valence-corrected chi connectivity index (χ3v) is 5.60. The monoisotopic (exact) mass is 448 g/mol. The van der Waals surface area contributed by atoms with Gasteiger partial charge in [-0.2, -0.15) is 0 Å². The van der Waals surface area contributed by atoms with E-state index in [1.807, 2.05) is 67.8 Å². The van der Waals surface area contributed by atoms with Crippen molar-refractivity contribution in [3.05, 3.63) is 93.3 Å². The lowest BCUT2D eigenvalue weighted by molar-refractivity contribution is -0.117. The highest BCUT2D eigenvalue weighted by Crippen LogP contribution is 2.19. The fourth-order valence-corrected chi connectivity index (χ4v) is 3.89. The van der Waals surface area contributed by atoms with Crippen LogP contribution in [0.1, 0.15) is 39.7 Å². The minimum Gasteiger partial charge on any atom is -0.494 e. The lowest BCUT2D eigenvalue weighted by Gasteiger charge is -2.12. The zero-order valence-corrected chi connectivity index (χ0v) is 19.2. The molecule has 0 aliphatic heterocycles. The van der Waals surface area contributed by atoms with Crippen LogP contribution in [-0.2, 0) is 11.2 Å². The van der Waals surface area contributed by atoms with Crippen molar-refractivity contribution < 1.29 is 14.3 Å². The Labute approximate surface area is 193 Å². The zero-order chi connectivity index (χ0) is 22.8. The van der Waals surface area contributed by atoms with Crippen LogP contribution < -0.4 is 15.4 Å². The first-order valence-electron chi connectivity index (χ1n) is 10.7. The maximum Gasteiger partial charge on any atom is 0.267 e. The maximum atomic E-state index is 12.9. The van der Waals surface area contributed by atoms with Crippen LogP contribution in [0.25, 0.3) is 6.08 Å². The largest absolute Gasteiger partial charge is 0.494 e. The number of carbonyl (C=O) groups excluding carboxylic acids is 2. The molecule has 0 fully saturated rings. The molecule has 0 aliphatic carbocycles. The van der Waals surface area contributed by atoms with Gasteiger partial charge in [0.15, 0.2) is 0 Å². The topological polar surface area (TPSA) is 67.4 Å². The van der Waals surface area contributed by atoms with Gasteiger partial charge in [-0.3, -0.25) is 9.59 Å². The van der Waals surface area contributed by atoms with Crippen molar-refractivity contribution >= 4 is 29.2 Å². The van der Waals surface area contributed by atoms with E-state index in [1.165, 1.54) is 11.3 Å². The third kappa shape index (κ3) is 6.82. The highest BCUT2D eigenvalue weighted by Gasteiger charge is 2.15. The smallest absolute Gasteiger partial charge is 0.267 e. The number of para-hydroxylation sites is 1. The molecule has 2 amide bonds. The predicted molar refractivity (Wildman–Crippen MR) is 130 cm³/mol. The van der Waals surface area contributed by atoms with Gasteiger partial charge in [0.1, 0.15) is 11.4 Å². The Morgan fingerprint density at radius 1 is 1.06 bits per heavy atom. The quantitative estimate of drug-likeness (QED) is 0.340. The summed E-state index contributed by atoms with van der Waals surface area (Å²) in [7, 11) is 0. The summed E-state index contributed by atoms with van der Waals surface area (Å²) >= 11 is 1.50. The number of carbonyl (C=O) groups is 2. The number of nitrogens with one attached hydrogen (secondary N) is 2. The number of aryl methyl sites for hydroxylation is 2. The van der Waals surface area contributed by atoms with Gasteiger partial charge in [0.2, 0.25) is 0 Å². The number of ether oxygens (including phenoxy) is 1. The summed E-state index contributed by atoms with van der Waals surface area (Å²) in [6.45, 7) is 4.99. The minimum atomic E-state index is -0.308. The number of amides is 2. The van der Waals surface area contributed by atoms with Gasteiger partial charge in [0.05, 0.1) is 6.61 Å². The molecule has 0 unspecified atom stereocenters. The first-order valence-corrected chi connectivity index (χ1v) is 11.6. The van der Waals surface area contributed by atoms with Crippen LogP contribution in [0, 0.1) is 6.92 Å². The van der Waals surface area contributed by atoms with Crippen molar-refractivity contribution in [2.75, 3.05) is 13.2 Å². The van der Waals surface area contributed by atoms with E-state index in [1.54, 1.807) is 18.2 Å². The summed E-state index contributed by atoms with van der Waals surface area (Å²) in [6, 6.07) is 19.0. The Balaban J connectivity index is 1.62. The molecular formula is C26H28N2O3S. The lowest BCUT2D eigenvalue weighted by atomic mass is 10.1. The second-order valence-corrected chi connectivity index (χ2v) is 8.28. The van der Waals surface area contributed by atoms with Crippen molar-refractivity contribution in [1.82, 2.24) is 10.6 Å². The Bertz CT molecular complexity index is 1070. The standard InChI is InChI=1S/C26H28N2O3S/c1-3-31-24-14-5-4-10-20(24)12-7-15-27-26(30)23(18-22-13-8-16-32-22)28-25(29)21-11-6-9-19(2)17-21/h4-6,8-11,13-14,16-18H,3,7,12,15H2,1-2H3,(H,27,30)(H,28,29)/b23-18-. The molecule has 0 radical (unpaired) electrons. The number of benzene rings is 2. The minimum absolute atomic E-state index is 0.230. The van der Waals surface area contributed by atoms with Crippen LogP contribution >= 0.6 is 11.3 Å². The van der Waals surface area contributed by atoms with Gasteiger partial charge in [0.25, 0.3) is 11.8 Å². The molecule has 3 aromatic rings. The average Bonchev–Trinajstić information content (AvgIpc) is 3.30. The Hall–Kier alpha value is -3.38. The zero-order valence-electron chi connectivity index (χ0n) is 18.4. The van der Waals surface area contributed by atoms with Gasteiger partial charge in [-0.15, -0.1) is 11.3 Å². The Morgan fingerprint density at radius 2 is 1.91 bits per heavy atom. The molecule has 0 bridgehead atoms. The first-order chi connectivity index (χ1) is 15.6. The highest BCUT2D eigenvalue weighted by atomic mass is 32.1. The van der Waals surface area contributed by atoms with Gasteiger partial charge in [-0.1, -0.05) is 42.0 Å². The molecule has 32 heavy (non-hydrogen) atoms. The van der Waals surface area contributed by atoms with E-state index in [0.29, 0.717) is 18.7 Å². The molecule has 1 heterocycles. The summed E-state index contributed by atoms with van der Waals surface area (Å²) in [6.07, 6.45) is 3.25. The van der Waals surface area contributed by atoms with Gasteiger partial charge >= 0.3 is 0 Å². The van der Waals surface area contributed by atoms with E-state index in [0.717, 1.165) is 34.6 Å². The molecule has 0 saturated carbocycles. The number of thiophene rings is 1. The molecular weight excluding hydrogens is 420 g/mol. The number of hydrogen-bond donors (Lipinski definition) is 2. The fourth-order valence-electron chi connectivity index (χ4n) is 3.24. The summed E-state index contributed by atoms with van der Waals surface area (Å²) < 4.78 is 5.66. The van der Waals surface area contributed by atoms with Crippen LogP contribution in [0.5, 0.6) is 5.75 Å². The predicted octanol–water partition coefficient (Wildman–Crippen LogP) is 4.98. The van der Waals surface area contributed by atoms with Crippen molar-refractivity contribution in [3.63, 3.8) is 0 Å². The van der Waals surface area contributed by atoms with Gasteiger partial charge < -0.3 is 15.4 Å². The van der Waals surface area contributed by atoms with E-state index in [9.17, 15) is 9.59 Å². The van der Waals surface area contributed by atoms with E-state index in [4.69, 9.17) is 4.74 Å². The molecule has 6 heteroatoms. The Morgan fingerprint density at radius 3 is 2.66 bits per heavy atom. The van der Waals surface area contributed by atoms with Crippen molar-refractivity contribution in [1.29, 1.82) is 0 Å². The SMILES string of the molecule is CCOc1ccccc1CCCNC(=O)/C(=C/c1cccs1)NC(=O)c1cccc(C)c1. The average molecular weight is 449 g/mol. The van der Waals surface area contributed by atoms with E-state index in [-0.39, 0.29) is 17.5 Å². The molecule has 5 nitrogen and oxygen atoms in total. The molecule has 0 spiro atoms. The molecule has 2 aromatic carbocycles. The van der Waals surface area contributed by atoms with Gasteiger partial charge in [0, 0.05) is 17.0 Å². The van der Waals surface area contributed by atoms with Crippen molar-refractivity contribution in [3.8, 4) is 5.75 Å². The van der Waals surface area contributed by atoms with Crippen LogP contribution in [0.2, 0.25) is 0 Å². The molecule has 1 aromatic heterocycles. The van der Waals surface area contributed by atoms with Gasteiger partial charge in [-0.05, 0) is 68.0 Å². The third-order valence-electron chi connectivity index (χ3n) is 4.78. The summed E-state index contributed by atoms with van der Waals surface area (Å²) in [5.41, 5.74) is 2.85. The number of rotatable bonds is 10. The molecule has 0 aliphatic rings. The van der Waals surface area contributed by atoms with Crippen molar-refractivity contribution in [2.45, 2.75) is 26.7 Å². The Kier molecular flexibility index (Phi) is 8.63. The first kappa shape index (κ1) is 23.3. The molecule has 166 valence electrons. The van der Waals surface area contributed by atoms with E-state index in [2.05, 4.69) is 10.6 Å². The summed E-state index contributed by atoms with van der Waals surface area (Å²) in [4.78, 5) is 26.5. The number of hydrogen-bond acceptors (Lipinski definition) is 4. The van der Waals surface area contributed by atoms with Crippen molar-refractivity contribution in [2.24, 2.45) is 0 Å². The van der Waals surface area contributed by atoms with E-state index < -0.39 is 0 Å². The second-order valence-electron chi connectivity index (χ2n) is 7.30. The molecule has 3 rings (SSSR count). The van der Waals surface area contributed by atoms with Crippen LogP contribution in [0.3, 0.4) is 0 Å². The maximum absolute atomic E-state index is 12.9. The summed E-state index contributed by atoms with van der Waals surface area (Å²) in [5.74, 6) is 0.264. The lowest BCUT2D eigenvalue weighted by Crippen LogP contribution is -2.35. The van der Waals surface area contributed by atoms with Crippen LogP contribution in [0.15, 0.2) is 71.7 Å². The summed E-state index contributed by atoms with van der Waals surface area (Å²) in [5, 5.41) is 7.64. The fraction of sp³-hybridized carbons (Fsp3) is 0.231. The van der Waals surface area contributed by atoms with E-state index >= 15 is 0 Å². The van der Waals surface area contributed by atoms with Crippen LogP contribution in [-0.4, -0.2) is 25.0 Å². The van der Waals surface area contributed by atoms with Crippen LogP contribution in [0.4, 0.5) is 0 Å². The second kappa shape index (κ2) is 11.9. The highest BCUT2D eigenvalue weighted by molar-refractivity contribution is 7.10.